The molecule has 156 valence electrons. The lowest BCUT2D eigenvalue weighted by Crippen LogP contribution is -2.40. The second kappa shape index (κ2) is 9.13. The van der Waals surface area contributed by atoms with Crippen molar-refractivity contribution in [2.75, 3.05) is 36.5 Å². The highest BCUT2D eigenvalue weighted by Crippen LogP contribution is 2.38. The van der Waals surface area contributed by atoms with Gasteiger partial charge in [0.1, 0.15) is 0 Å². The van der Waals surface area contributed by atoms with Gasteiger partial charge in [-0.25, -0.2) is 4.79 Å². The van der Waals surface area contributed by atoms with Gasteiger partial charge in [-0.2, -0.15) is 0 Å². The number of carbonyl (C=O) groups excluding carboxylic acids is 2. The fourth-order valence-corrected chi connectivity index (χ4v) is 4.03. The Morgan fingerprint density at radius 1 is 0.967 bits per heavy atom. The summed E-state index contributed by atoms with van der Waals surface area (Å²) in [6, 6.07) is 13.5. The van der Waals surface area contributed by atoms with Crippen LogP contribution in [0.5, 0.6) is 0 Å². The Kier molecular flexibility index (Phi) is 6.14. The minimum Gasteiger partial charge on any atom is -0.450 e. The topological polar surface area (TPSA) is 61.9 Å². The summed E-state index contributed by atoms with van der Waals surface area (Å²) in [4.78, 5) is 29.4. The van der Waals surface area contributed by atoms with E-state index in [0.717, 1.165) is 48.4 Å². The Morgan fingerprint density at radius 2 is 1.70 bits per heavy atom. The Hall–Kier alpha value is -3.12. The summed E-state index contributed by atoms with van der Waals surface area (Å²) in [7, 11) is 0. The minimum atomic E-state index is -0.506. The molecule has 2 aliphatic heterocycles. The number of benzene rings is 2. The zero-order valence-corrected chi connectivity index (χ0v) is 17.3. The highest BCUT2D eigenvalue weighted by molar-refractivity contribution is 6.07. The summed E-state index contributed by atoms with van der Waals surface area (Å²) in [5.74, 6) is 0.0302. The molecule has 2 aliphatic rings. The maximum atomic E-state index is 13.5. The fourth-order valence-electron chi connectivity index (χ4n) is 4.03. The summed E-state index contributed by atoms with van der Waals surface area (Å²) in [5, 5.41) is 2.74. The zero-order valence-electron chi connectivity index (χ0n) is 17.3. The van der Waals surface area contributed by atoms with Gasteiger partial charge in [-0.15, -0.1) is 0 Å². The van der Waals surface area contributed by atoms with Crippen LogP contribution in [0.3, 0.4) is 0 Å². The molecule has 0 aliphatic carbocycles. The van der Waals surface area contributed by atoms with E-state index in [-0.39, 0.29) is 5.91 Å². The molecule has 0 aromatic heterocycles. The largest absolute Gasteiger partial charge is 0.450 e. The lowest BCUT2D eigenvalue weighted by Gasteiger charge is -2.30. The summed E-state index contributed by atoms with van der Waals surface area (Å²) < 4.78 is 4.99. The number of hydrogen-bond acceptors (Lipinski definition) is 4. The molecule has 2 amide bonds. The number of nitrogens with one attached hydrogen (secondary N) is 1. The van der Waals surface area contributed by atoms with Gasteiger partial charge in [0.2, 0.25) is 5.91 Å². The van der Waals surface area contributed by atoms with Crippen molar-refractivity contribution in [2.24, 2.45) is 0 Å². The lowest BCUT2D eigenvalue weighted by molar-refractivity contribution is -0.119. The quantitative estimate of drug-likeness (QED) is 0.787. The maximum absolute atomic E-state index is 13.5. The second-order valence-electron chi connectivity index (χ2n) is 7.58. The third-order valence-corrected chi connectivity index (χ3v) is 5.47. The summed E-state index contributed by atoms with van der Waals surface area (Å²) in [6.45, 7) is 4.35. The number of carbonyl (C=O) groups is 2. The molecule has 30 heavy (non-hydrogen) atoms. The highest BCUT2D eigenvalue weighted by atomic mass is 16.5. The number of piperidine rings is 1. The average molecular weight is 405 g/mol. The van der Waals surface area contributed by atoms with E-state index in [4.69, 9.17) is 4.74 Å². The minimum absolute atomic E-state index is 0.0302. The van der Waals surface area contributed by atoms with E-state index >= 15 is 0 Å². The van der Waals surface area contributed by atoms with E-state index in [1.54, 1.807) is 11.8 Å². The number of nitrogens with zero attached hydrogens (tertiary/aromatic N) is 2. The second-order valence-corrected chi connectivity index (χ2v) is 7.58. The van der Waals surface area contributed by atoms with Crippen LogP contribution in [-0.2, 0) is 9.53 Å². The molecule has 0 spiro atoms. The van der Waals surface area contributed by atoms with Gasteiger partial charge in [-0.05, 0) is 62.2 Å². The molecule has 0 saturated carbocycles. The molecule has 1 saturated heterocycles. The number of anilines is 3. The molecule has 1 N–H and O–H groups in total. The SMILES string of the molecule is CCOC(=O)Nc1ccc2c(c1)N(C(=O)CN1CCCCC1)c1ccccc1C=C2. The number of likely N-dealkylation sites (tertiary alicyclic amines) is 1. The normalized spacial score (nSPS) is 15.7. The van der Waals surface area contributed by atoms with E-state index in [0.29, 0.717) is 18.8 Å². The monoisotopic (exact) mass is 405 g/mol. The van der Waals surface area contributed by atoms with Gasteiger partial charge in [0.25, 0.3) is 0 Å². The standard InChI is InChI=1S/C24H27N3O3/c1-2-30-24(29)25-20-13-12-19-11-10-18-8-4-5-9-21(18)27(22(19)16-20)23(28)17-26-14-6-3-7-15-26/h4-5,8-13,16H,2-3,6-7,14-15,17H2,1H3,(H,25,29). The lowest BCUT2D eigenvalue weighted by atomic mass is 10.1. The van der Waals surface area contributed by atoms with Crippen LogP contribution in [0.4, 0.5) is 21.9 Å². The molecule has 6 heteroatoms. The molecule has 0 radical (unpaired) electrons. The van der Waals surface area contributed by atoms with Gasteiger partial charge in [0, 0.05) is 5.69 Å². The van der Waals surface area contributed by atoms with Crippen molar-refractivity contribution in [3.05, 3.63) is 53.6 Å². The van der Waals surface area contributed by atoms with Crippen molar-refractivity contribution in [1.29, 1.82) is 0 Å². The van der Waals surface area contributed by atoms with Crippen LogP contribution in [0.1, 0.15) is 37.3 Å². The zero-order chi connectivity index (χ0) is 20.9. The molecule has 2 aromatic rings. The van der Waals surface area contributed by atoms with Crippen LogP contribution >= 0.6 is 0 Å². The van der Waals surface area contributed by atoms with Gasteiger partial charge in [0.15, 0.2) is 0 Å². The number of ether oxygens (including phenoxy) is 1. The average Bonchev–Trinajstić information content (AvgIpc) is 2.91. The molecule has 0 atom stereocenters. The van der Waals surface area contributed by atoms with Crippen LogP contribution in [0.25, 0.3) is 12.2 Å². The number of amides is 2. The van der Waals surface area contributed by atoms with Crippen molar-refractivity contribution in [3.63, 3.8) is 0 Å². The number of rotatable bonds is 4. The van der Waals surface area contributed by atoms with Crippen LogP contribution < -0.4 is 10.2 Å². The Labute approximate surface area is 177 Å². The molecule has 1 fully saturated rings. The first-order valence-corrected chi connectivity index (χ1v) is 10.6. The van der Waals surface area contributed by atoms with Crippen LogP contribution in [0.2, 0.25) is 0 Å². The van der Waals surface area contributed by atoms with Gasteiger partial charge in [0.05, 0.1) is 24.5 Å². The molecule has 2 aromatic carbocycles. The van der Waals surface area contributed by atoms with Crippen molar-refractivity contribution in [1.82, 2.24) is 4.90 Å². The van der Waals surface area contributed by atoms with Crippen LogP contribution in [-0.4, -0.2) is 43.1 Å². The Balaban J connectivity index is 1.70. The predicted molar refractivity (Wildman–Crippen MR) is 120 cm³/mol. The number of hydrogen-bond donors (Lipinski definition) is 1. The molecule has 2 heterocycles. The predicted octanol–water partition coefficient (Wildman–Crippen LogP) is 4.89. The third kappa shape index (κ3) is 4.39. The van der Waals surface area contributed by atoms with Gasteiger partial charge in [-0.1, -0.05) is 42.8 Å². The first-order valence-electron chi connectivity index (χ1n) is 10.6. The number of para-hydroxylation sites is 1. The Morgan fingerprint density at radius 3 is 2.47 bits per heavy atom. The molecule has 0 bridgehead atoms. The molecular formula is C24H27N3O3. The number of fused-ring (bicyclic) bond motifs is 2. The third-order valence-electron chi connectivity index (χ3n) is 5.47. The first-order chi connectivity index (χ1) is 14.7. The van der Waals surface area contributed by atoms with Crippen LogP contribution in [0, 0.1) is 0 Å². The first kappa shape index (κ1) is 20.2. The summed E-state index contributed by atoms with van der Waals surface area (Å²) in [6.07, 6.45) is 7.03. The Bertz CT molecular complexity index is 964. The smallest absolute Gasteiger partial charge is 0.411 e. The van der Waals surface area contributed by atoms with E-state index < -0.39 is 6.09 Å². The highest BCUT2D eigenvalue weighted by Gasteiger charge is 2.26. The van der Waals surface area contributed by atoms with Gasteiger partial charge in [-0.3, -0.25) is 19.9 Å². The molecule has 0 unspecified atom stereocenters. The summed E-state index contributed by atoms with van der Waals surface area (Å²) >= 11 is 0. The van der Waals surface area contributed by atoms with Crippen molar-refractivity contribution in [2.45, 2.75) is 26.2 Å². The fraction of sp³-hybridized carbons (Fsp3) is 0.333. The molecule has 4 rings (SSSR count). The van der Waals surface area contributed by atoms with E-state index in [9.17, 15) is 9.59 Å². The van der Waals surface area contributed by atoms with Gasteiger partial charge >= 0.3 is 6.09 Å². The van der Waals surface area contributed by atoms with E-state index in [2.05, 4.69) is 10.2 Å². The van der Waals surface area contributed by atoms with E-state index in [1.807, 2.05) is 54.6 Å². The van der Waals surface area contributed by atoms with Gasteiger partial charge < -0.3 is 4.74 Å². The molecule has 6 nitrogen and oxygen atoms in total. The molecular weight excluding hydrogens is 378 g/mol. The van der Waals surface area contributed by atoms with Crippen molar-refractivity contribution >= 4 is 41.2 Å². The van der Waals surface area contributed by atoms with Crippen molar-refractivity contribution < 1.29 is 14.3 Å². The van der Waals surface area contributed by atoms with Crippen molar-refractivity contribution in [3.8, 4) is 0 Å². The maximum Gasteiger partial charge on any atom is 0.411 e. The van der Waals surface area contributed by atoms with Crippen LogP contribution in [0.15, 0.2) is 42.5 Å². The summed E-state index contributed by atoms with van der Waals surface area (Å²) in [5.41, 5.74) is 4.11. The van der Waals surface area contributed by atoms with E-state index in [1.165, 1.54) is 6.42 Å².